The Bertz CT molecular complexity index is 305. The number of hydrogen-bond acceptors (Lipinski definition) is 5. The Balaban J connectivity index is 1.94. The molecule has 0 aromatic carbocycles. The molecule has 0 amide bonds. The van der Waals surface area contributed by atoms with E-state index in [1.54, 1.807) is 0 Å². The standard InChI is InChI=1S/C11H20N4O/c1-2-12-9-10-13-11(14-16-10)15-7-5-3-4-6-8-15/h12H,2-9H2,1H3. The molecule has 2 heterocycles. The van der Waals surface area contributed by atoms with Gasteiger partial charge in [0.05, 0.1) is 6.54 Å². The van der Waals surface area contributed by atoms with Gasteiger partial charge in [-0.1, -0.05) is 19.8 Å². The fourth-order valence-corrected chi connectivity index (χ4v) is 1.95. The Labute approximate surface area is 96.2 Å². The summed E-state index contributed by atoms with van der Waals surface area (Å²) < 4.78 is 5.20. The average Bonchev–Trinajstić information content (AvgIpc) is 2.60. The van der Waals surface area contributed by atoms with Gasteiger partial charge in [-0.2, -0.15) is 4.98 Å². The van der Waals surface area contributed by atoms with Crippen molar-refractivity contribution in [1.82, 2.24) is 15.5 Å². The molecule has 1 fully saturated rings. The average molecular weight is 224 g/mol. The summed E-state index contributed by atoms with van der Waals surface area (Å²) in [7, 11) is 0. The third-order valence-corrected chi connectivity index (χ3v) is 2.87. The van der Waals surface area contributed by atoms with Gasteiger partial charge >= 0.3 is 0 Å². The molecule has 16 heavy (non-hydrogen) atoms. The second kappa shape index (κ2) is 5.84. The van der Waals surface area contributed by atoms with Crippen molar-refractivity contribution in [3.05, 3.63) is 5.89 Å². The quantitative estimate of drug-likeness (QED) is 0.841. The summed E-state index contributed by atoms with van der Waals surface area (Å²) >= 11 is 0. The molecule has 0 radical (unpaired) electrons. The molecule has 0 unspecified atom stereocenters. The molecule has 0 saturated carbocycles. The predicted molar refractivity (Wildman–Crippen MR) is 62.4 cm³/mol. The van der Waals surface area contributed by atoms with Crippen molar-refractivity contribution in [2.45, 2.75) is 39.2 Å². The largest absolute Gasteiger partial charge is 0.338 e. The van der Waals surface area contributed by atoms with E-state index in [9.17, 15) is 0 Å². The normalized spacial score (nSPS) is 17.4. The Kier molecular flexibility index (Phi) is 4.16. The van der Waals surface area contributed by atoms with E-state index in [1.807, 2.05) is 0 Å². The van der Waals surface area contributed by atoms with Crippen LogP contribution in [0.1, 0.15) is 38.5 Å². The van der Waals surface area contributed by atoms with Gasteiger partial charge < -0.3 is 14.7 Å². The SMILES string of the molecule is CCNCc1nc(N2CCCCCC2)no1. The number of nitrogens with one attached hydrogen (secondary N) is 1. The molecule has 2 rings (SSSR count). The van der Waals surface area contributed by atoms with Crippen LogP contribution >= 0.6 is 0 Å². The van der Waals surface area contributed by atoms with Crippen LogP contribution in [0.5, 0.6) is 0 Å². The Morgan fingerprint density at radius 3 is 2.69 bits per heavy atom. The molecule has 90 valence electrons. The molecular formula is C11H20N4O. The van der Waals surface area contributed by atoms with Crippen molar-refractivity contribution in [1.29, 1.82) is 0 Å². The first kappa shape index (κ1) is 11.4. The van der Waals surface area contributed by atoms with E-state index in [4.69, 9.17) is 4.52 Å². The highest BCUT2D eigenvalue weighted by Crippen LogP contribution is 2.15. The molecule has 1 aliphatic rings. The predicted octanol–water partition coefficient (Wildman–Crippen LogP) is 1.56. The van der Waals surface area contributed by atoms with E-state index in [-0.39, 0.29) is 0 Å². The summed E-state index contributed by atoms with van der Waals surface area (Å²) in [4.78, 5) is 6.63. The number of nitrogens with zero attached hydrogens (tertiary/aromatic N) is 3. The van der Waals surface area contributed by atoms with Crippen molar-refractivity contribution >= 4 is 5.95 Å². The van der Waals surface area contributed by atoms with Crippen LogP contribution in [-0.2, 0) is 6.54 Å². The van der Waals surface area contributed by atoms with E-state index in [0.29, 0.717) is 12.4 Å². The van der Waals surface area contributed by atoms with E-state index in [2.05, 4.69) is 27.3 Å². The maximum absolute atomic E-state index is 5.20. The lowest BCUT2D eigenvalue weighted by Gasteiger charge is -2.16. The molecule has 5 nitrogen and oxygen atoms in total. The monoisotopic (exact) mass is 224 g/mol. The van der Waals surface area contributed by atoms with Crippen LogP contribution in [0.25, 0.3) is 0 Å². The topological polar surface area (TPSA) is 54.2 Å². The highest BCUT2D eigenvalue weighted by atomic mass is 16.5. The Morgan fingerprint density at radius 2 is 2.00 bits per heavy atom. The first-order chi connectivity index (χ1) is 7.90. The fourth-order valence-electron chi connectivity index (χ4n) is 1.95. The molecule has 0 atom stereocenters. The second-order valence-corrected chi connectivity index (χ2v) is 4.17. The van der Waals surface area contributed by atoms with Crippen LogP contribution in [0, 0.1) is 0 Å². The van der Waals surface area contributed by atoms with Gasteiger partial charge in [-0.05, 0) is 24.5 Å². The zero-order valence-electron chi connectivity index (χ0n) is 9.91. The minimum Gasteiger partial charge on any atom is -0.338 e. The smallest absolute Gasteiger partial charge is 0.266 e. The van der Waals surface area contributed by atoms with Crippen molar-refractivity contribution in [2.75, 3.05) is 24.5 Å². The molecule has 1 aliphatic heterocycles. The third-order valence-electron chi connectivity index (χ3n) is 2.87. The maximum Gasteiger partial charge on any atom is 0.266 e. The summed E-state index contributed by atoms with van der Waals surface area (Å²) in [6.07, 6.45) is 5.10. The molecule has 1 N–H and O–H groups in total. The van der Waals surface area contributed by atoms with E-state index in [1.165, 1.54) is 25.7 Å². The van der Waals surface area contributed by atoms with E-state index < -0.39 is 0 Å². The highest BCUT2D eigenvalue weighted by molar-refractivity contribution is 5.27. The zero-order valence-corrected chi connectivity index (χ0v) is 9.91. The first-order valence-corrected chi connectivity index (χ1v) is 6.18. The van der Waals surface area contributed by atoms with Crippen molar-refractivity contribution in [3.8, 4) is 0 Å². The lowest BCUT2D eigenvalue weighted by atomic mass is 10.2. The number of anilines is 1. The van der Waals surface area contributed by atoms with E-state index >= 15 is 0 Å². The van der Waals surface area contributed by atoms with Crippen LogP contribution in [0.3, 0.4) is 0 Å². The summed E-state index contributed by atoms with van der Waals surface area (Å²) in [5.74, 6) is 1.44. The molecule has 1 saturated heterocycles. The Hall–Kier alpha value is -1.10. The second-order valence-electron chi connectivity index (χ2n) is 4.17. The van der Waals surface area contributed by atoms with Crippen LogP contribution in [0.15, 0.2) is 4.52 Å². The van der Waals surface area contributed by atoms with Gasteiger partial charge in [-0.25, -0.2) is 0 Å². The third kappa shape index (κ3) is 2.95. The van der Waals surface area contributed by atoms with Crippen LogP contribution in [0.4, 0.5) is 5.95 Å². The van der Waals surface area contributed by atoms with Gasteiger partial charge in [0.25, 0.3) is 5.95 Å². The van der Waals surface area contributed by atoms with Crippen LogP contribution < -0.4 is 10.2 Å². The van der Waals surface area contributed by atoms with E-state index in [0.717, 1.165) is 25.6 Å². The van der Waals surface area contributed by atoms with Gasteiger partial charge in [0, 0.05) is 13.1 Å². The van der Waals surface area contributed by atoms with Crippen molar-refractivity contribution < 1.29 is 4.52 Å². The maximum atomic E-state index is 5.20. The molecule has 0 spiro atoms. The van der Waals surface area contributed by atoms with Gasteiger partial charge in [-0.15, -0.1) is 0 Å². The number of aromatic nitrogens is 2. The first-order valence-electron chi connectivity index (χ1n) is 6.18. The zero-order chi connectivity index (χ0) is 11.2. The van der Waals surface area contributed by atoms with Gasteiger partial charge in [-0.3, -0.25) is 0 Å². The van der Waals surface area contributed by atoms with Gasteiger partial charge in [0.2, 0.25) is 5.89 Å². The lowest BCUT2D eigenvalue weighted by molar-refractivity contribution is 0.368. The molecule has 0 bridgehead atoms. The van der Waals surface area contributed by atoms with Crippen LogP contribution in [-0.4, -0.2) is 29.8 Å². The highest BCUT2D eigenvalue weighted by Gasteiger charge is 2.15. The van der Waals surface area contributed by atoms with Gasteiger partial charge in [0.1, 0.15) is 0 Å². The van der Waals surface area contributed by atoms with Crippen molar-refractivity contribution in [3.63, 3.8) is 0 Å². The lowest BCUT2D eigenvalue weighted by Crippen LogP contribution is -2.25. The minimum atomic E-state index is 0.664. The fraction of sp³-hybridized carbons (Fsp3) is 0.818. The summed E-state index contributed by atoms with van der Waals surface area (Å²) in [6.45, 7) is 5.76. The Morgan fingerprint density at radius 1 is 1.25 bits per heavy atom. The van der Waals surface area contributed by atoms with Crippen LogP contribution in [0.2, 0.25) is 0 Å². The minimum absolute atomic E-state index is 0.664. The van der Waals surface area contributed by atoms with Gasteiger partial charge in [0.15, 0.2) is 0 Å². The molecule has 1 aromatic rings. The number of rotatable bonds is 4. The molecule has 5 heteroatoms. The summed E-state index contributed by atoms with van der Waals surface area (Å²) in [5, 5.41) is 7.21. The molecule has 0 aliphatic carbocycles. The van der Waals surface area contributed by atoms with Crippen molar-refractivity contribution in [2.24, 2.45) is 0 Å². The molecular weight excluding hydrogens is 204 g/mol. The summed E-state index contributed by atoms with van der Waals surface area (Å²) in [6, 6.07) is 0. The molecule has 1 aromatic heterocycles. The number of hydrogen-bond donors (Lipinski definition) is 1. The summed E-state index contributed by atoms with van der Waals surface area (Å²) in [5.41, 5.74) is 0.